The molecule has 4 aliphatic rings. The summed E-state index contributed by atoms with van der Waals surface area (Å²) in [5, 5.41) is 20.3. The summed E-state index contributed by atoms with van der Waals surface area (Å²) in [6.07, 6.45) is 39.1. The quantitative estimate of drug-likeness (QED) is 0.0331. The van der Waals surface area contributed by atoms with Crippen molar-refractivity contribution in [1.82, 2.24) is 4.90 Å². The molecule has 0 amide bonds. The fourth-order valence-electron chi connectivity index (χ4n) is 13.9. The highest BCUT2D eigenvalue weighted by molar-refractivity contribution is 5.74. The number of aliphatic hydroxyl groups excluding tert-OH is 2. The molecule has 0 saturated heterocycles. The van der Waals surface area contributed by atoms with Gasteiger partial charge in [-0.3, -0.25) is 33.7 Å². The Labute approximate surface area is 521 Å². The Hall–Kier alpha value is -3.30. The zero-order chi connectivity index (χ0) is 62.0. The van der Waals surface area contributed by atoms with Crippen LogP contribution < -0.4 is 0 Å². The second-order valence-electron chi connectivity index (χ2n) is 27.1. The number of unbranched alkanes of at least 4 members (excludes halogenated alkanes) is 12. The second-order valence-corrected chi connectivity index (χ2v) is 27.1. The average Bonchev–Trinajstić information content (AvgIpc) is 3.66. The van der Waals surface area contributed by atoms with Crippen LogP contribution in [0, 0.1) is 59.2 Å². The fourth-order valence-corrected chi connectivity index (χ4v) is 13.9. The number of carbonyl (C=O) groups excluding carboxylic acids is 6. The first-order valence-corrected chi connectivity index (χ1v) is 35.8. The van der Waals surface area contributed by atoms with E-state index in [4.69, 9.17) is 28.4 Å². The number of rotatable bonds is 47. The standard InChI is InChI=1S/C71H125NO14/c1-5-9-15-23-55-29-37-61(38-30-55)68(77)83-51-59(52-84-69(78)62-39-31-56(32-40-62)24-16-10-6-2)49-81-66(75)27-19-13-21-45-72(65(47-73)48-74)46-22-14-20-28-67(76)82-50-60(53-85-70(79)63-41-33-57(34-42-63)25-17-11-7-3)54-86-71(80)64-43-35-58(36-44-64)26-18-12-8-4/h55-65,73-74H,5-54H2,1-4H3. The molecule has 0 aromatic rings. The number of ether oxygens (including phenoxy) is 6. The Morgan fingerprint density at radius 3 is 0.837 bits per heavy atom. The summed E-state index contributed by atoms with van der Waals surface area (Å²) in [4.78, 5) is 81.4. The van der Waals surface area contributed by atoms with Gasteiger partial charge in [-0.2, -0.15) is 0 Å². The van der Waals surface area contributed by atoms with Gasteiger partial charge in [0, 0.05) is 12.8 Å². The number of hydrogen-bond acceptors (Lipinski definition) is 15. The van der Waals surface area contributed by atoms with E-state index in [2.05, 4.69) is 32.6 Å². The molecule has 2 N–H and O–H groups in total. The minimum atomic E-state index is -0.465. The minimum absolute atomic E-state index is 0.0111. The summed E-state index contributed by atoms with van der Waals surface area (Å²) in [5.74, 6) is -0.339. The van der Waals surface area contributed by atoms with E-state index in [9.17, 15) is 39.0 Å². The second kappa shape index (κ2) is 46.7. The molecule has 0 unspecified atom stereocenters. The number of hydrogen-bond donors (Lipinski definition) is 2. The van der Waals surface area contributed by atoms with Crippen LogP contribution in [0.25, 0.3) is 0 Å². The lowest BCUT2D eigenvalue weighted by atomic mass is 9.80. The molecule has 0 spiro atoms. The number of carbonyl (C=O) groups is 6. The van der Waals surface area contributed by atoms with Gasteiger partial charge in [-0.15, -0.1) is 0 Å². The first-order chi connectivity index (χ1) is 41.9. The van der Waals surface area contributed by atoms with E-state index in [0.717, 1.165) is 128 Å². The molecular formula is C71H125NO14. The van der Waals surface area contributed by atoms with Crippen LogP contribution in [0.15, 0.2) is 0 Å². The van der Waals surface area contributed by atoms with Gasteiger partial charge in [-0.1, -0.05) is 143 Å². The van der Waals surface area contributed by atoms with E-state index >= 15 is 0 Å². The number of esters is 6. The molecule has 15 nitrogen and oxygen atoms in total. The Balaban J connectivity index is 1.17. The van der Waals surface area contributed by atoms with E-state index < -0.39 is 17.9 Å². The Morgan fingerprint density at radius 1 is 0.337 bits per heavy atom. The summed E-state index contributed by atoms with van der Waals surface area (Å²) >= 11 is 0. The van der Waals surface area contributed by atoms with Crippen molar-refractivity contribution in [2.45, 2.75) is 291 Å². The van der Waals surface area contributed by atoms with E-state index in [-0.39, 0.29) is 125 Å². The summed E-state index contributed by atoms with van der Waals surface area (Å²) in [7, 11) is 0. The van der Waals surface area contributed by atoms with Crippen molar-refractivity contribution in [3.8, 4) is 0 Å². The van der Waals surface area contributed by atoms with Crippen LogP contribution in [0.2, 0.25) is 0 Å². The topological polar surface area (TPSA) is 201 Å². The molecule has 4 fully saturated rings. The molecule has 15 heteroatoms. The third-order valence-corrected chi connectivity index (χ3v) is 20.0. The molecule has 0 radical (unpaired) electrons. The lowest BCUT2D eigenvalue weighted by Gasteiger charge is -2.29. The molecule has 0 aromatic heterocycles. The predicted octanol–water partition coefficient (Wildman–Crippen LogP) is 14.8. The van der Waals surface area contributed by atoms with Gasteiger partial charge >= 0.3 is 35.8 Å². The summed E-state index contributed by atoms with van der Waals surface area (Å²) < 4.78 is 34.9. The van der Waals surface area contributed by atoms with Crippen LogP contribution in [-0.4, -0.2) is 123 Å². The maximum atomic E-state index is 13.3. The van der Waals surface area contributed by atoms with E-state index in [0.29, 0.717) is 49.6 Å². The first-order valence-electron chi connectivity index (χ1n) is 35.8. The zero-order valence-corrected chi connectivity index (χ0v) is 54.9. The molecule has 0 heterocycles. The maximum absolute atomic E-state index is 13.3. The largest absolute Gasteiger partial charge is 0.465 e. The Morgan fingerprint density at radius 2 is 0.593 bits per heavy atom. The van der Waals surface area contributed by atoms with Crippen LogP contribution in [-0.2, 0) is 57.2 Å². The van der Waals surface area contributed by atoms with Crippen LogP contribution >= 0.6 is 0 Å². The molecule has 0 atom stereocenters. The zero-order valence-electron chi connectivity index (χ0n) is 54.9. The molecule has 4 saturated carbocycles. The van der Waals surface area contributed by atoms with Gasteiger partial charge in [0.2, 0.25) is 0 Å². The van der Waals surface area contributed by atoms with Crippen molar-refractivity contribution < 1.29 is 67.4 Å². The first kappa shape index (κ1) is 75.2. The third kappa shape index (κ3) is 31.9. The van der Waals surface area contributed by atoms with Crippen molar-refractivity contribution in [1.29, 1.82) is 0 Å². The van der Waals surface area contributed by atoms with E-state index in [1.807, 2.05) is 0 Å². The van der Waals surface area contributed by atoms with Crippen LogP contribution in [0.3, 0.4) is 0 Å². The molecule has 0 aromatic carbocycles. The predicted molar refractivity (Wildman–Crippen MR) is 338 cm³/mol. The van der Waals surface area contributed by atoms with Crippen molar-refractivity contribution in [2.75, 3.05) is 65.9 Å². The van der Waals surface area contributed by atoms with E-state index in [1.165, 1.54) is 103 Å². The molecular weight excluding hydrogens is 1090 g/mol. The van der Waals surface area contributed by atoms with Crippen molar-refractivity contribution in [2.24, 2.45) is 59.2 Å². The SMILES string of the molecule is CCCCCC1CCC(C(=O)OCC(COC(=O)CCCCCN(CCCCCC(=O)OCC(COC(=O)C2CCC(CCCCC)CC2)COC(=O)C2CCC(CCCCC)CC2)C(CO)CO)COC(=O)C2CCC(CCCCC)CC2)CC1. The van der Waals surface area contributed by atoms with Crippen LogP contribution in [0.4, 0.5) is 0 Å². The summed E-state index contributed by atoms with van der Waals surface area (Å²) in [5.41, 5.74) is 0. The number of nitrogens with zero attached hydrogens (tertiary/aromatic N) is 1. The van der Waals surface area contributed by atoms with Gasteiger partial charge in [0.05, 0.1) is 54.8 Å². The van der Waals surface area contributed by atoms with Gasteiger partial charge in [0.25, 0.3) is 0 Å². The summed E-state index contributed by atoms with van der Waals surface area (Å²) in [6.45, 7) is 9.77. The fraction of sp³-hybridized carbons (Fsp3) is 0.915. The average molecular weight is 1220 g/mol. The molecule has 4 aliphatic carbocycles. The molecule has 86 heavy (non-hydrogen) atoms. The van der Waals surface area contributed by atoms with E-state index in [1.54, 1.807) is 0 Å². The van der Waals surface area contributed by atoms with Crippen LogP contribution in [0.1, 0.15) is 285 Å². The lowest BCUT2D eigenvalue weighted by molar-refractivity contribution is -0.161. The highest BCUT2D eigenvalue weighted by atomic mass is 16.6. The highest BCUT2D eigenvalue weighted by Gasteiger charge is 2.33. The third-order valence-electron chi connectivity index (χ3n) is 20.0. The van der Waals surface area contributed by atoms with Crippen molar-refractivity contribution in [3.05, 3.63) is 0 Å². The van der Waals surface area contributed by atoms with Gasteiger partial charge in [-0.05, 0) is 165 Å². The molecule has 498 valence electrons. The van der Waals surface area contributed by atoms with Gasteiger partial charge in [0.15, 0.2) is 0 Å². The minimum Gasteiger partial charge on any atom is -0.465 e. The number of aliphatic hydroxyl groups is 2. The monoisotopic (exact) mass is 1220 g/mol. The summed E-state index contributed by atoms with van der Waals surface area (Å²) in [6, 6.07) is -0.433. The lowest BCUT2D eigenvalue weighted by Crippen LogP contribution is -2.41. The van der Waals surface area contributed by atoms with Crippen molar-refractivity contribution in [3.63, 3.8) is 0 Å². The van der Waals surface area contributed by atoms with Gasteiger partial charge < -0.3 is 38.6 Å². The van der Waals surface area contributed by atoms with Gasteiger partial charge in [0.1, 0.15) is 39.6 Å². The molecule has 4 rings (SSSR count). The molecule has 0 aliphatic heterocycles. The smallest absolute Gasteiger partial charge is 0.308 e. The Kier molecular flexibility index (Phi) is 40.8. The highest BCUT2D eigenvalue weighted by Crippen LogP contribution is 2.37. The van der Waals surface area contributed by atoms with Crippen molar-refractivity contribution >= 4 is 35.8 Å². The maximum Gasteiger partial charge on any atom is 0.308 e. The normalized spacial score (nSPS) is 23.3. The van der Waals surface area contributed by atoms with Gasteiger partial charge in [-0.25, -0.2) is 0 Å². The Bertz CT molecular complexity index is 1580. The van der Waals surface area contributed by atoms with Crippen LogP contribution in [0.5, 0.6) is 0 Å². The molecule has 0 bridgehead atoms.